The first-order valence-electron chi connectivity index (χ1n) is 1.56. The molecule has 0 spiro atoms. The zero-order valence-electron chi connectivity index (χ0n) is 4.29. The quantitative estimate of drug-likeness (QED) is 0.501. The van der Waals surface area contributed by atoms with Crippen molar-refractivity contribution in [2.75, 3.05) is 12.9 Å². The SMILES string of the molecule is CP.CS[CH]=[Ru][Cl]. The van der Waals surface area contributed by atoms with E-state index in [1.54, 1.807) is 11.8 Å². The summed E-state index contributed by atoms with van der Waals surface area (Å²) in [6, 6.07) is 0. The molecule has 1 atom stereocenters. The van der Waals surface area contributed by atoms with E-state index >= 15 is 0 Å². The van der Waals surface area contributed by atoms with Gasteiger partial charge in [-0.1, -0.05) is 6.66 Å². The molecule has 0 amide bonds. The first-order valence-corrected chi connectivity index (χ1v) is 7.24. The third kappa shape index (κ3) is 18.4. The van der Waals surface area contributed by atoms with Crippen LogP contribution in [0.2, 0.25) is 0 Å². The summed E-state index contributed by atoms with van der Waals surface area (Å²) < 4.78 is 2.02. The third-order valence-electron chi connectivity index (χ3n) is 0.115. The Morgan fingerprint density at radius 3 is 2.14 bits per heavy atom. The van der Waals surface area contributed by atoms with Crippen LogP contribution >= 0.6 is 30.7 Å². The van der Waals surface area contributed by atoms with Crippen LogP contribution in [0.25, 0.3) is 0 Å². The van der Waals surface area contributed by atoms with Crippen LogP contribution in [0.15, 0.2) is 0 Å². The Morgan fingerprint density at radius 2 is 2.14 bits per heavy atom. The molecular weight excluding hydrogens is 236 g/mol. The standard InChI is InChI=1S/C2H4S.CH5P.ClH.Ru/c1-3-2;1-2;;/h1H,2H3;2H2,1H3;1H;/q;;;+1/p-1. The maximum atomic E-state index is 5.32. The molecule has 0 aliphatic heterocycles. The molecule has 4 heteroatoms. The van der Waals surface area contributed by atoms with Gasteiger partial charge in [0.25, 0.3) is 0 Å². The van der Waals surface area contributed by atoms with Gasteiger partial charge in [0.15, 0.2) is 0 Å². The molecule has 0 bridgehead atoms. The fourth-order valence-corrected chi connectivity index (χ4v) is 1.68. The summed E-state index contributed by atoms with van der Waals surface area (Å²) in [4.78, 5) is 0. The van der Waals surface area contributed by atoms with E-state index in [4.69, 9.17) is 9.69 Å². The Balaban J connectivity index is 0. The van der Waals surface area contributed by atoms with Gasteiger partial charge in [-0.2, -0.15) is 0 Å². The van der Waals surface area contributed by atoms with Gasteiger partial charge in [-0.25, -0.2) is 0 Å². The molecule has 0 fully saturated rings. The Bertz CT molecular complexity index is 41.9. The zero-order chi connectivity index (χ0) is 6.12. The van der Waals surface area contributed by atoms with E-state index in [2.05, 4.69) is 9.24 Å². The molecule has 0 aliphatic carbocycles. The number of hydrogen-bond acceptors (Lipinski definition) is 1. The van der Waals surface area contributed by atoms with Crippen molar-refractivity contribution in [2.45, 2.75) is 0 Å². The van der Waals surface area contributed by atoms with Crippen LogP contribution in [0.1, 0.15) is 0 Å². The van der Waals surface area contributed by atoms with E-state index in [0.29, 0.717) is 0 Å². The Labute approximate surface area is 63.1 Å². The van der Waals surface area contributed by atoms with Crippen molar-refractivity contribution in [1.29, 1.82) is 0 Å². The molecule has 47 valence electrons. The van der Waals surface area contributed by atoms with Crippen molar-refractivity contribution in [3.05, 3.63) is 0 Å². The number of thioether (sulfide) groups is 1. The van der Waals surface area contributed by atoms with Gasteiger partial charge in [-0.15, -0.1) is 9.24 Å². The van der Waals surface area contributed by atoms with Crippen LogP contribution in [0, 0.1) is 0 Å². The predicted octanol–water partition coefficient (Wildman–Crippen LogP) is 1.84. The monoisotopic (exact) mass is 245 g/mol. The summed E-state index contributed by atoms with van der Waals surface area (Å²) >= 11 is 1.74. The molecule has 0 saturated heterocycles. The molecule has 7 heavy (non-hydrogen) atoms. The summed E-state index contributed by atoms with van der Waals surface area (Å²) in [5, 5.41) is 0. The van der Waals surface area contributed by atoms with Crippen molar-refractivity contribution < 1.29 is 15.7 Å². The van der Waals surface area contributed by atoms with E-state index in [1.165, 1.54) is 0 Å². The molecule has 0 heterocycles. The second-order valence-corrected chi connectivity index (χ2v) is 3.56. The van der Waals surface area contributed by atoms with Gasteiger partial charge in [-0.3, -0.25) is 0 Å². The molecule has 0 aliphatic rings. The molecule has 0 aromatic rings. The second kappa shape index (κ2) is 15.6. The van der Waals surface area contributed by atoms with E-state index in [-0.39, 0.29) is 15.7 Å². The predicted molar refractivity (Wildman–Crippen MR) is 41.1 cm³/mol. The second-order valence-electron chi connectivity index (χ2n) is 0.396. The summed E-state index contributed by atoms with van der Waals surface area (Å²) in [5.74, 6) is 0. The summed E-state index contributed by atoms with van der Waals surface area (Å²) in [7, 11) is 7.73. The van der Waals surface area contributed by atoms with Gasteiger partial charge in [0, 0.05) is 0 Å². The van der Waals surface area contributed by atoms with Crippen molar-refractivity contribution >= 4 is 34.6 Å². The van der Waals surface area contributed by atoms with E-state index in [0.717, 1.165) is 0 Å². The van der Waals surface area contributed by atoms with E-state index in [1.807, 2.05) is 16.9 Å². The number of halogens is 1. The molecular formula is C3H9ClPRuS. The number of rotatable bonds is 1. The minimum absolute atomic E-state index is 0.0514. The molecule has 1 unspecified atom stereocenters. The maximum absolute atomic E-state index is 5.32. The van der Waals surface area contributed by atoms with Crippen LogP contribution in [0.4, 0.5) is 0 Å². The third-order valence-corrected chi connectivity index (χ3v) is 3.16. The fraction of sp³-hybridized carbons (Fsp3) is 0.667. The molecule has 0 rings (SSSR count). The van der Waals surface area contributed by atoms with Crippen molar-refractivity contribution in [3.63, 3.8) is 0 Å². The molecule has 0 aromatic heterocycles. The van der Waals surface area contributed by atoms with Crippen LogP contribution in [0.3, 0.4) is 0 Å². The molecule has 0 saturated carbocycles. The average Bonchev–Trinajstić information content (AvgIpc) is 1.75. The van der Waals surface area contributed by atoms with E-state index in [9.17, 15) is 0 Å². The first-order chi connectivity index (χ1) is 3.41. The molecule has 0 nitrogen and oxygen atoms in total. The van der Waals surface area contributed by atoms with Gasteiger partial charge < -0.3 is 0 Å². The Kier molecular flexibility index (Phi) is 25.4. The minimum atomic E-state index is 0.0514. The van der Waals surface area contributed by atoms with Crippen LogP contribution in [-0.4, -0.2) is 16.9 Å². The van der Waals surface area contributed by atoms with Crippen LogP contribution < -0.4 is 0 Å². The van der Waals surface area contributed by atoms with Gasteiger partial charge in [-0.05, 0) is 0 Å². The summed E-state index contributed by atoms with van der Waals surface area (Å²) in [6.07, 6.45) is 2.01. The Morgan fingerprint density at radius 1 is 1.71 bits per heavy atom. The summed E-state index contributed by atoms with van der Waals surface area (Å²) in [5.41, 5.74) is 0. The molecule has 0 N–H and O–H groups in total. The van der Waals surface area contributed by atoms with Gasteiger partial charge in [0.1, 0.15) is 0 Å². The summed E-state index contributed by atoms with van der Waals surface area (Å²) in [6.45, 7) is 1.92. The molecule has 0 aromatic carbocycles. The van der Waals surface area contributed by atoms with Gasteiger partial charge in [0.2, 0.25) is 0 Å². The van der Waals surface area contributed by atoms with Crippen molar-refractivity contribution in [2.24, 2.45) is 0 Å². The fourth-order valence-electron chi connectivity index (χ4n) is 0.0315. The first kappa shape index (κ1) is 11.4. The topological polar surface area (TPSA) is 0 Å². The van der Waals surface area contributed by atoms with Crippen LogP contribution in [0.5, 0.6) is 0 Å². The average molecular weight is 245 g/mol. The van der Waals surface area contributed by atoms with Crippen molar-refractivity contribution in [3.8, 4) is 0 Å². The normalized spacial score (nSPS) is 9.14. The zero-order valence-corrected chi connectivity index (χ0v) is 8.76. The van der Waals surface area contributed by atoms with E-state index < -0.39 is 0 Å². The Hall–Kier alpha value is 1.56. The van der Waals surface area contributed by atoms with Crippen molar-refractivity contribution in [1.82, 2.24) is 0 Å². The molecule has 0 radical (unpaired) electrons. The van der Waals surface area contributed by atoms with Gasteiger partial charge in [0.05, 0.1) is 0 Å². The van der Waals surface area contributed by atoms with Crippen LogP contribution in [-0.2, 0) is 15.7 Å². The number of hydrogen-bond donors (Lipinski definition) is 0. The van der Waals surface area contributed by atoms with Gasteiger partial charge >= 0.3 is 47.3 Å².